The molecule has 126 valence electrons. The highest BCUT2D eigenvalue weighted by Gasteiger charge is 2.22. The zero-order chi connectivity index (χ0) is 16.9. The van der Waals surface area contributed by atoms with E-state index in [4.69, 9.17) is 0 Å². The maximum absolute atomic E-state index is 13.2. The normalized spacial score (nSPS) is 16.5. The largest absolute Gasteiger partial charge is 0.354 e. The zero-order valence-corrected chi connectivity index (χ0v) is 13.8. The van der Waals surface area contributed by atoms with Gasteiger partial charge in [-0.25, -0.2) is 4.39 Å². The smallest absolute Gasteiger partial charge is 0.234 e. The van der Waals surface area contributed by atoms with Crippen molar-refractivity contribution in [1.29, 1.82) is 0 Å². The summed E-state index contributed by atoms with van der Waals surface area (Å²) in [5, 5.41) is 7.66. The van der Waals surface area contributed by atoms with Gasteiger partial charge in [0.1, 0.15) is 5.82 Å². The van der Waals surface area contributed by atoms with E-state index < -0.39 is 0 Å². The molecule has 1 aliphatic heterocycles. The zero-order valence-electron chi connectivity index (χ0n) is 13.0. The molecule has 0 saturated carbocycles. The summed E-state index contributed by atoms with van der Waals surface area (Å²) >= 11 is 1.53. The second-order valence-electron chi connectivity index (χ2n) is 5.63. The summed E-state index contributed by atoms with van der Waals surface area (Å²) in [5.74, 6) is -0.538. The molecule has 1 aromatic carbocycles. The molecule has 0 radical (unpaired) electrons. The molecule has 1 unspecified atom stereocenters. The molecule has 7 heteroatoms. The van der Waals surface area contributed by atoms with Crippen molar-refractivity contribution in [1.82, 2.24) is 15.5 Å². The average molecular weight is 347 g/mol. The number of hydrogen-bond acceptors (Lipinski definition) is 4. The summed E-state index contributed by atoms with van der Waals surface area (Å²) in [6, 6.07) is 9.65. The Morgan fingerprint density at radius 1 is 1.33 bits per heavy atom. The van der Waals surface area contributed by atoms with Crippen LogP contribution in [0.25, 0.3) is 0 Å². The minimum atomic E-state index is -0.322. The van der Waals surface area contributed by atoms with Crippen molar-refractivity contribution in [3.05, 3.63) is 58.0 Å². The Kier molecular flexibility index (Phi) is 5.22. The first kappa shape index (κ1) is 16.6. The third kappa shape index (κ3) is 4.18. The van der Waals surface area contributed by atoms with Crippen LogP contribution in [-0.4, -0.2) is 42.9 Å². The number of thiophene rings is 1. The highest BCUT2D eigenvalue weighted by molar-refractivity contribution is 7.10. The van der Waals surface area contributed by atoms with Gasteiger partial charge in [0.2, 0.25) is 11.8 Å². The van der Waals surface area contributed by atoms with Crippen molar-refractivity contribution in [3.63, 3.8) is 0 Å². The average Bonchev–Trinajstić information content (AvgIpc) is 3.08. The van der Waals surface area contributed by atoms with Gasteiger partial charge in [-0.05, 0) is 29.1 Å². The fourth-order valence-corrected chi connectivity index (χ4v) is 3.47. The maximum atomic E-state index is 13.2. The van der Waals surface area contributed by atoms with E-state index in [1.165, 1.54) is 23.5 Å². The summed E-state index contributed by atoms with van der Waals surface area (Å²) in [6.07, 6.45) is 0. The van der Waals surface area contributed by atoms with E-state index in [0.717, 1.165) is 10.4 Å². The molecule has 0 aliphatic carbocycles. The van der Waals surface area contributed by atoms with Gasteiger partial charge in [0.25, 0.3) is 0 Å². The van der Waals surface area contributed by atoms with Gasteiger partial charge in [0.15, 0.2) is 0 Å². The lowest BCUT2D eigenvalue weighted by Crippen LogP contribution is -2.50. The number of amides is 2. The van der Waals surface area contributed by atoms with Gasteiger partial charge >= 0.3 is 0 Å². The Hall–Kier alpha value is -2.25. The Morgan fingerprint density at radius 2 is 2.12 bits per heavy atom. The highest BCUT2D eigenvalue weighted by atomic mass is 32.1. The van der Waals surface area contributed by atoms with Crippen LogP contribution in [-0.2, 0) is 9.59 Å². The summed E-state index contributed by atoms with van der Waals surface area (Å²) in [5.41, 5.74) is 0.823. The quantitative estimate of drug-likeness (QED) is 0.862. The van der Waals surface area contributed by atoms with Crippen molar-refractivity contribution in [3.8, 4) is 0 Å². The van der Waals surface area contributed by atoms with Crippen LogP contribution < -0.4 is 10.6 Å². The number of carbonyl (C=O) groups is 2. The lowest BCUT2D eigenvalue weighted by Gasteiger charge is -2.27. The van der Waals surface area contributed by atoms with Gasteiger partial charge in [-0.1, -0.05) is 18.2 Å². The van der Waals surface area contributed by atoms with Crippen molar-refractivity contribution in [2.45, 2.75) is 6.04 Å². The first-order chi connectivity index (χ1) is 11.6. The first-order valence-electron chi connectivity index (χ1n) is 7.69. The summed E-state index contributed by atoms with van der Waals surface area (Å²) in [6.45, 7) is 1.60. The molecule has 5 nitrogen and oxygen atoms in total. The molecule has 1 fully saturated rings. The van der Waals surface area contributed by atoms with Gasteiger partial charge in [0.05, 0.1) is 19.1 Å². The van der Waals surface area contributed by atoms with Crippen LogP contribution >= 0.6 is 11.3 Å². The van der Waals surface area contributed by atoms with Crippen LogP contribution in [0.5, 0.6) is 0 Å². The molecule has 2 heterocycles. The topological polar surface area (TPSA) is 61.4 Å². The lowest BCUT2D eigenvalue weighted by atomic mass is 10.1. The molecule has 2 N–H and O–H groups in total. The standard InChI is InChI=1S/C17H18FN3O2S/c18-13-5-3-12(4-6-13)17(14-2-1-9-24-14)20-16(23)11-21-8-7-19-15(22)10-21/h1-6,9,17H,7-8,10-11H2,(H,19,22)(H,20,23). The minimum absolute atomic E-state index is 0.0672. The van der Waals surface area contributed by atoms with Crippen LogP contribution in [0.4, 0.5) is 4.39 Å². The molecule has 1 atom stereocenters. The highest BCUT2D eigenvalue weighted by Crippen LogP contribution is 2.26. The molecule has 0 spiro atoms. The monoisotopic (exact) mass is 347 g/mol. The minimum Gasteiger partial charge on any atom is -0.354 e. The number of nitrogens with one attached hydrogen (secondary N) is 2. The molecule has 1 aromatic heterocycles. The summed E-state index contributed by atoms with van der Waals surface area (Å²) in [7, 11) is 0. The molecule has 0 bridgehead atoms. The van der Waals surface area contributed by atoms with E-state index in [1.807, 2.05) is 22.4 Å². The molecule has 2 aromatic rings. The van der Waals surface area contributed by atoms with E-state index in [0.29, 0.717) is 13.1 Å². The molecule has 3 rings (SSSR count). The van der Waals surface area contributed by atoms with E-state index in [1.54, 1.807) is 12.1 Å². The number of benzene rings is 1. The fourth-order valence-electron chi connectivity index (χ4n) is 2.67. The van der Waals surface area contributed by atoms with Crippen LogP contribution in [0, 0.1) is 5.82 Å². The Labute approximate surface area is 143 Å². The van der Waals surface area contributed by atoms with Crippen LogP contribution in [0.2, 0.25) is 0 Å². The Morgan fingerprint density at radius 3 is 2.79 bits per heavy atom. The van der Waals surface area contributed by atoms with Gasteiger partial charge < -0.3 is 10.6 Å². The Bertz CT molecular complexity index is 703. The predicted molar refractivity (Wildman–Crippen MR) is 90.2 cm³/mol. The molecular formula is C17H18FN3O2S. The second-order valence-corrected chi connectivity index (χ2v) is 6.61. The van der Waals surface area contributed by atoms with Gasteiger partial charge in [0, 0.05) is 18.0 Å². The summed E-state index contributed by atoms with van der Waals surface area (Å²) < 4.78 is 13.2. The van der Waals surface area contributed by atoms with E-state index in [-0.39, 0.29) is 36.8 Å². The van der Waals surface area contributed by atoms with Gasteiger partial charge in [-0.15, -0.1) is 11.3 Å². The first-order valence-corrected chi connectivity index (χ1v) is 8.57. The van der Waals surface area contributed by atoms with Gasteiger partial charge in [-0.3, -0.25) is 14.5 Å². The van der Waals surface area contributed by atoms with E-state index >= 15 is 0 Å². The van der Waals surface area contributed by atoms with Crippen LogP contribution in [0.15, 0.2) is 41.8 Å². The van der Waals surface area contributed by atoms with E-state index in [9.17, 15) is 14.0 Å². The second kappa shape index (κ2) is 7.55. The van der Waals surface area contributed by atoms with Crippen molar-refractivity contribution in [2.75, 3.05) is 26.2 Å². The SMILES string of the molecule is O=C1CN(CC(=O)NC(c2ccc(F)cc2)c2cccs2)CCN1. The van der Waals surface area contributed by atoms with Crippen molar-refractivity contribution >= 4 is 23.2 Å². The molecular weight excluding hydrogens is 329 g/mol. The number of nitrogens with zero attached hydrogens (tertiary/aromatic N) is 1. The number of rotatable bonds is 5. The number of piperazine rings is 1. The van der Waals surface area contributed by atoms with E-state index in [2.05, 4.69) is 10.6 Å². The molecule has 1 aliphatic rings. The molecule has 2 amide bonds. The number of halogens is 1. The number of hydrogen-bond donors (Lipinski definition) is 2. The van der Waals surface area contributed by atoms with Gasteiger partial charge in [-0.2, -0.15) is 0 Å². The third-order valence-electron chi connectivity index (χ3n) is 3.82. The molecule has 24 heavy (non-hydrogen) atoms. The van der Waals surface area contributed by atoms with Crippen LogP contribution in [0.1, 0.15) is 16.5 Å². The van der Waals surface area contributed by atoms with Crippen molar-refractivity contribution < 1.29 is 14.0 Å². The lowest BCUT2D eigenvalue weighted by molar-refractivity contribution is -0.127. The number of carbonyl (C=O) groups excluding carboxylic acids is 2. The predicted octanol–water partition coefficient (Wildman–Crippen LogP) is 1.52. The van der Waals surface area contributed by atoms with Crippen LogP contribution in [0.3, 0.4) is 0 Å². The third-order valence-corrected chi connectivity index (χ3v) is 4.76. The Balaban J connectivity index is 1.71. The summed E-state index contributed by atoms with van der Waals surface area (Å²) in [4.78, 5) is 26.6. The fraction of sp³-hybridized carbons (Fsp3) is 0.294. The van der Waals surface area contributed by atoms with Crippen molar-refractivity contribution in [2.24, 2.45) is 0 Å². The molecule has 1 saturated heterocycles. The maximum Gasteiger partial charge on any atom is 0.234 e.